The maximum Gasteiger partial charge on any atom is 0.338 e. The molecule has 0 saturated heterocycles. The maximum absolute atomic E-state index is 13.6. The Morgan fingerprint density at radius 3 is 1.86 bits per heavy atom. The third-order valence-electron chi connectivity index (χ3n) is 9.13. The van der Waals surface area contributed by atoms with Gasteiger partial charge in [-0.05, 0) is 56.0 Å². The van der Waals surface area contributed by atoms with Crippen LogP contribution in [0.1, 0.15) is 92.5 Å². The summed E-state index contributed by atoms with van der Waals surface area (Å²) < 4.78 is 39.9. The van der Waals surface area contributed by atoms with Crippen LogP contribution in [0.4, 0.5) is 0 Å². The minimum atomic E-state index is -1.40. The fourth-order valence-electron chi connectivity index (χ4n) is 6.28. The zero-order valence-corrected chi connectivity index (χ0v) is 33.9. The van der Waals surface area contributed by atoms with Crippen LogP contribution in [0.5, 0.6) is 0 Å². The Labute approximate surface area is 344 Å². The molecule has 316 valence electrons. The van der Waals surface area contributed by atoms with E-state index in [9.17, 15) is 28.8 Å². The van der Waals surface area contributed by atoms with Gasteiger partial charge in [-0.3, -0.25) is 19.2 Å². The first-order valence-corrected chi connectivity index (χ1v) is 19.7. The van der Waals surface area contributed by atoms with Crippen molar-refractivity contribution in [2.75, 3.05) is 13.2 Å². The minimum Gasteiger partial charge on any atom is -0.463 e. The molecule has 1 aliphatic heterocycles. The third kappa shape index (κ3) is 16.1. The van der Waals surface area contributed by atoms with Gasteiger partial charge in [0, 0.05) is 33.3 Å². The quantitative estimate of drug-likeness (QED) is 0.0688. The van der Waals surface area contributed by atoms with E-state index >= 15 is 0 Å². The van der Waals surface area contributed by atoms with E-state index in [-0.39, 0.29) is 35.8 Å². The second-order valence-corrected chi connectivity index (χ2v) is 14.0. The van der Waals surface area contributed by atoms with E-state index in [1.165, 1.54) is 25.5 Å². The lowest BCUT2D eigenvalue weighted by Crippen LogP contribution is -2.54. The number of carbonyl (C=O) groups is 6. The fourth-order valence-corrected chi connectivity index (χ4v) is 6.28. The average molecular weight is 816 g/mol. The second kappa shape index (κ2) is 24.2. The lowest BCUT2D eigenvalue weighted by atomic mass is 10.0. The number of aryl methyl sites for hydroxylation is 1. The van der Waals surface area contributed by atoms with Gasteiger partial charge in [0.2, 0.25) is 5.91 Å². The SMILES string of the molecule is CC(=O)OCC1OC(OC[C@H](NC(=O)CCCCCCCc2ccccc2)[C@H](OC(=O)c2ccccc2)[C@@H](C)OC(=O)c2ccccc2)C(OC(C)=O)C=C1OC(C)=O. The monoisotopic (exact) mass is 815 g/mol. The number of hydrogen-bond donors (Lipinski definition) is 1. The van der Waals surface area contributed by atoms with Gasteiger partial charge in [0.1, 0.15) is 18.5 Å². The van der Waals surface area contributed by atoms with Crippen molar-refractivity contribution in [1.82, 2.24) is 5.32 Å². The number of hydrogen-bond acceptors (Lipinski definition) is 13. The molecule has 4 rings (SSSR count). The molecule has 0 fully saturated rings. The Hall–Kier alpha value is -5.86. The van der Waals surface area contributed by atoms with Crippen molar-refractivity contribution < 1.29 is 61.9 Å². The number of nitrogens with one attached hydrogen (secondary N) is 1. The summed E-state index contributed by atoms with van der Waals surface area (Å²) in [5.74, 6) is -3.96. The molecule has 3 unspecified atom stereocenters. The molecule has 1 N–H and O–H groups in total. The Balaban J connectivity index is 1.57. The van der Waals surface area contributed by atoms with Gasteiger partial charge in [-0.25, -0.2) is 9.59 Å². The number of carbonyl (C=O) groups excluding carboxylic acids is 6. The van der Waals surface area contributed by atoms with Crippen LogP contribution in [0.2, 0.25) is 0 Å². The van der Waals surface area contributed by atoms with Crippen molar-refractivity contribution in [2.45, 2.75) is 109 Å². The molecule has 14 heteroatoms. The van der Waals surface area contributed by atoms with E-state index in [0.717, 1.165) is 46.0 Å². The Morgan fingerprint density at radius 2 is 1.27 bits per heavy atom. The first-order valence-electron chi connectivity index (χ1n) is 19.7. The standard InChI is InChI=1S/C45H53NO13/c1-30(55-43(51)35-22-14-9-15-23-35)42(59-44(52)36-24-16-10-17-25-36)37(46-41(50)26-18-7-5-6-11-19-34-20-12-8-13-21-34)28-54-45-39(57-33(4)49)27-38(56-32(3)48)40(58-45)29-53-31(2)47/h8-10,12-17,20-25,27,30,37,39-40,42,45H,5-7,11,18-19,26,28-29H2,1-4H3,(H,46,50)/t30-,37+,39?,40?,42-,45?/m1/s1. The first-order chi connectivity index (χ1) is 28.4. The third-order valence-corrected chi connectivity index (χ3v) is 9.13. The molecule has 0 aliphatic carbocycles. The predicted octanol–water partition coefficient (Wildman–Crippen LogP) is 6.21. The Morgan fingerprint density at radius 1 is 0.695 bits per heavy atom. The van der Waals surface area contributed by atoms with Crippen molar-refractivity contribution in [3.63, 3.8) is 0 Å². The summed E-state index contributed by atoms with van der Waals surface area (Å²) in [7, 11) is 0. The summed E-state index contributed by atoms with van der Waals surface area (Å²) in [5, 5.41) is 2.92. The molecule has 59 heavy (non-hydrogen) atoms. The number of unbranched alkanes of at least 4 members (excludes halogenated alkanes) is 4. The lowest BCUT2D eigenvalue weighted by Gasteiger charge is -2.36. The van der Waals surface area contributed by atoms with Crippen LogP contribution in [0.15, 0.2) is 103 Å². The van der Waals surface area contributed by atoms with Gasteiger partial charge in [-0.2, -0.15) is 0 Å². The number of rotatable bonds is 22. The van der Waals surface area contributed by atoms with Gasteiger partial charge in [-0.1, -0.05) is 86.0 Å². The number of ether oxygens (including phenoxy) is 7. The molecule has 0 aromatic heterocycles. The normalized spacial score (nSPS) is 17.6. The van der Waals surface area contributed by atoms with E-state index in [4.69, 9.17) is 33.2 Å². The first kappa shape index (κ1) is 45.8. The summed E-state index contributed by atoms with van der Waals surface area (Å²) in [6.45, 7) is 4.24. The van der Waals surface area contributed by atoms with Gasteiger partial charge in [0.15, 0.2) is 24.6 Å². The van der Waals surface area contributed by atoms with Crippen molar-refractivity contribution in [1.29, 1.82) is 0 Å². The molecule has 1 aliphatic rings. The molecule has 0 bridgehead atoms. The van der Waals surface area contributed by atoms with E-state index in [0.29, 0.717) is 6.42 Å². The number of esters is 5. The molecule has 14 nitrogen and oxygen atoms in total. The largest absolute Gasteiger partial charge is 0.463 e. The highest BCUT2D eigenvalue weighted by atomic mass is 16.7. The van der Waals surface area contributed by atoms with Gasteiger partial charge >= 0.3 is 29.8 Å². The molecule has 1 heterocycles. The summed E-state index contributed by atoms with van der Waals surface area (Å²) in [6, 6.07) is 25.5. The topological polar surface area (TPSA) is 179 Å². The zero-order chi connectivity index (χ0) is 42.6. The van der Waals surface area contributed by atoms with E-state index in [1.807, 2.05) is 18.2 Å². The number of benzene rings is 3. The summed E-state index contributed by atoms with van der Waals surface area (Å²) in [6.07, 6.45) is 0.490. The summed E-state index contributed by atoms with van der Waals surface area (Å²) in [4.78, 5) is 76.3. The molecular formula is C45H53NO13. The van der Waals surface area contributed by atoms with Crippen LogP contribution in [0.25, 0.3) is 0 Å². The smallest absolute Gasteiger partial charge is 0.338 e. The molecule has 0 radical (unpaired) electrons. The Bertz CT molecular complexity index is 1850. The van der Waals surface area contributed by atoms with Crippen LogP contribution in [-0.4, -0.2) is 85.7 Å². The highest BCUT2D eigenvalue weighted by Crippen LogP contribution is 2.26. The van der Waals surface area contributed by atoms with E-state index in [1.54, 1.807) is 60.7 Å². The molecule has 6 atom stereocenters. The molecule has 0 saturated carbocycles. The van der Waals surface area contributed by atoms with E-state index < -0.39 is 73.2 Å². The number of amides is 1. The average Bonchev–Trinajstić information content (AvgIpc) is 3.21. The van der Waals surface area contributed by atoms with Crippen molar-refractivity contribution in [3.05, 3.63) is 120 Å². The summed E-state index contributed by atoms with van der Waals surface area (Å²) in [5.41, 5.74) is 1.74. The minimum absolute atomic E-state index is 0.0779. The van der Waals surface area contributed by atoms with Crippen molar-refractivity contribution in [2.24, 2.45) is 0 Å². The zero-order valence-electron chi connectivity index (χ0n) is 33.9. The summed E-state index contributed by atoms with van der Waals surface area (Å²) >= 11 is 0. The highest BCUT2D eigenvalue weighted by Gasteiger charge is 2.40. The van der Waals surface area contributed by atoms with Gasteiger partial charge in [0.05, 0.1) is 23.8 Å². The van der Waals surface area contributed by atoms with Crippen LogP contribution in [0, 0.1) is 0 Å². The fraction of sp³-hybridized carbons (Fsp3) is 0.422. The maximum atomic E-state index is 13.6. The highest BCUT2D eigenvalue weighted by molar-refractivity contribution is 5.90. The van der Waals surface area contributed by atoms with Crippen LogP contribution in [-0.2, 0) is 58.8 Å². The van der Waals surface area contributed by atoms with Crippen LogP contribution < -0.4 is 5.32 Å². The van der Waals surface area contributed by atoms with Crippen molar-refractivity contribution >= 4 is 35.8 Å². The molecule has 3 aromatic rings. The Kier molecular flexibility index (Phi) is 18.8. The van der Waals surface area contributed by atoms with Gasteiger partial charge in [0.25, 0.3) is 0 Å². The van der Waals surface area contributed by atoms with Crippen LogP contribution in [0.3, 0.4) is 0 Å². The lowest BCUT2D eigenvalue weighted by molar-refractivity contribution is -0.234. The van der Waals surface area contributed by atoms with Crippen molar-refractivity contribution in [3.8, 4) is 0 Å². The molecular weight excluding hydrogens is 762 g/mol. The van der Waals surface area contributed by atoms with Gasteiger partial charge < -0.3 is 38.5 Å². The molecule has 1 amide bonds. The van der Waals surface area contributed by atoms with Crippen LogP contribution >= 0.6 is 0 Å². The predicted molar refractivity (Wildman–Crippen MR) is 213 cm³/mol. The second-order valence-electron chi connectivity index (χ2n) is 14.0. The van der Waals surface area contributed by atoms with Gasteiger partial charge in [-0.15, -0.1) is 0 Å². The molecule has 0 spiro atoms. The van der Waals surface area contributed by atoms with E-state index in [2.05, 4.69) is 17.4 Å². The molecule has 3 aromatic carbocycles.